The maximum Gasteiger partial charge on any atom is 0.261 e. The second-order valence-corrected chi connectivity index (χ2v) is 16.0. The van der Waals surface area contributed by atoms with Gasteiger partial charge in [-0.3, -0.25) is 0 Å². The number of rotatable bonds is 7. The Hall–Kier alpha value is -3.21. The molecule has 1 N–H and O–H groups in total. The standard InChI is InChI=1S/C34H40N2O3Si/c1-26-23-27-25-35-36(33-20-12-13-21-38-33)31(27)24-30(26)32(37)19-11-14-22-39-40(34(2,3)4,28-15-7-5-8-16-28)29-17-9-6-10-18-29/h5-10,15-18,23-25,32-33,37H,12-14,20-22H2,1-4H3. The molecule has 40 heavy (non-hydrogen) atoms. The van der Waals surface area contributed by atoms with Crippen molar-refractivity contribution in [2.75, 3.05) is 13.2 Å². The van der Waals surface area contributed by atoms with Crippen LogP contribution in [0.15, 0.2) is 79.0 Å². The molecule has 208 valence electrons. The van der Waals surface area contributed by atoms with Crippen LogP contribution in [0.5, 0.6) is 0 Å². The summed E-state index contributed by atoms with van der Waals surface area (Å²) in [6.07, 6.45) is 4.66. The fourth-order valence-corrected chi connectivity index (χ4v) is 10.5. The van der Waals surface area contributed by atoms with Crippen LogP contribution in [-0.4, -0.2) is 36.4 Å². The first kappa shape index (κ1) is 28.3. The van der Waals surface area contributed by atoms with Gasteiger partial charge >= 0.3 is 0 Å². The quantitative estimate of drug-likeness (QED) is 0.172. The Bertz CT molecular complexity index is 1440. The van der Waals surface area contributed by atoms with Gasteiger partial charge in [0.2, 0.25) is 0 Å². The molecule has 6 heteroatoms. The molecule has 5 rings (SSSR count). The number of ether oxygens (including phenoxy) is 1. The van der Waals surface area contributed by atoms with Crippen LogP contribution in [0.1, 0.15) is 69.9 Å². The molecule has 1 aliphatic rings. The number of aryl methyl sites for hydroxylation is 1. The Morgan fingerprint density at radius 3 is 2.33 bits per heavy atom. The molecule has 1 fully saturated rings. The van der Waals surface area contributed by atoms with Crippen molar-refractivity contribution in [1.82, 2.24) is 9.78 Å². The first-order chi connectivity index (χ1) is 19.3. The van der Waals surface area contributed by atoms with Crippen molar-refractivity contribution in [2.24, 2.45) is 0 Å². The van der Waals surface area contributed by atoms with Crippen LogP contribution < -0.4 is 10.4 Å². The molecule has 0 spiro atoms. The molecule has 1 aromatic heterocycles. The lowest BCUT2D eigenvalue weighted by molar-refractivity contribution is -0.0366. The van der Waals surface area contributed by atoms with Gasteiger partial charge in [-0.15, -0.1) is 0 Å². The summed E-state index contributed by atoms with van der Waals surface area (Å²) in [6, 6.07) is 25.4. The molecule has 0 bridgehead atoms. The van der Waals surface area contributed by atoms with Gasteiger partial charge in [-0.05, 0) is 64.9 Å². The number of aromatic nitrogens is 2. The molecule has 2 unspecified atom stereocenters. The van der Waals surface area contributed by atoms with Gasteiger partial charge < -0.3 is 14.3 Å². The summed E-state index contributed by atoms with van der Waals surface area (Å²) < 4.78 is 14.9. The topological polar surface area (TPSA) is 56.5 Å². The Labute approximate surface area is 239 Å². The lowest BCUT2D eigenvalue weighted by atomic mass is 10.0. The van der Waals surface area contributed by atoms with Gasteiger partial charge in [0, 0.05) is 25.0 Å². The van der Waals surface area contributed by atoms with Crippen molar-refractivity contribution >= 4 is 29.6 Å². The van der Waals surface area contributed by atoms with Crippen molar-refractivity contribution in [3.8, 4) is 11.8 Å². The zero-order chi connectivity index (χ0) is 28.2. The number of aliphatic hydroxyl groups excluding tert-OH is 1. The van der Waals surface area contributed by atoms with Crippen molar-refractivity contribution < 1.29 is 14.3 Å². The number of hydrogen-bond acceptors (Lipinski definition) is 4. The van der Waals surface area contributed by atoms with Crippen LogP contribution in [0.4, 0.5) is 0 Å². The van der Waals surface area contributed by atoms with Gasteiger partial charge in [-0.25, -0.2) is 4.68 Å². The SMILES string of the molecule is Cc1cc2cnn(C3CCCCO3)c2cc1C(O)C#CCCO[Si](c1ccccc1)(c1ccccc1)C(C)(C)C. The molecule has 0 amide bonds. The highest BCUT2D eigenvalue weighted by atomic mass is 28.4. The maximum absolute atomic E-state index is 11.1. The van der Waals surface area contributed by atoms with Gasteiger partial charge in [0.1, 0.15) is 6.10 Å². The second kappa shape index (κ2) is 12.1. The summed E-state index contributed by atoms with van der Waals surface area (Å²) in [5.41, 5.74) is 2.79. The minimum absolute atomic E-state index is 0.0522. The largest absolute Gasteiger partial charge is 0.406 e. The van der Waals surface area contributed by atoms with Crippen LogP contribution in [0.25, 0.3) is 10.9 Å². The van der Waals surface area contributed by atoms with E-state index in [-0.39, 0.29) is 11.3 Å². The van der Waals surface area contributed by atoms with E-state index in [9.17, 15) is 5.11 Å². The second-order valence-electron chi connectivity index (χ2n) is 11.7. The van der Waals surface area contributed by atoms with Gasteiger partial charge in [-0.2, -0.15) is 5.10 Å². The fraction of sp³-hybridized carbons (Fsp3) is 0.382. The molecule has 4 aromatic rings. The van der Waals surface area contributed by atoms with E-state index in [1.807, 2.05) is 23.9 Å². The average Bonchev–Trinajstić information content (AvgIpc) is 3.37. The third kappa shape index (κ3) is 5.66. The number of benzene rings is 3. The fourth-order valence-electron chi connectivity index (χ4n) is 5.93. The zero-order valence-corrected chi connectivity index (χ0v) is 25.1. The van der Waals surface area contributed by atoms with E-state index < -0.39 is 14.4 Å². The van der Waals surface area contributed by atoms with Crippen LogP contribution in [0.2, 0.25) is 5.04 Å². The Kier molecular flexibility index (Phi) is 8.58. The Morgan fingerprint density at radius 1 is 1.05 bits per heavy atom. The molecule has 3 aromatic carbocycles. The molecule has 1 aliphatic heterocycles. The van der Waals surface area contributed by atoms with E-state index in [1.165, 1.54) is 10.4 Å². The van der Waals surface area contributed by atoms with Crippen LogP contribution >= 0.6 is 0 Å². The van der Waals surface area contributed by atoms with E-state index in [1.54, 1.807) is 0 Å². The average molecular weight is 553 g/mol. The summed E-state index contributed by atoms with van der Waals surface area (Å²) in [6.45, 7) is 10.1. The van der Waals surface area contributed by atoms with Crippen molar-refractivity contribution in [2.45, 2.75) is 70.7 Å². The highest BCUT2D eigenvalue weighted by Gasteiger charge is 2.49. The molecule has 1 saturated heterocycles. The molecule has 2 atom stereocenters. The molecule has 0 saturated carbocycles. The lowest BCUT2D eigenvalue weighted by Crippen LogP contribution is -2.66. The summed E-state index contributed by atoms with van der Waals surface area (Å²) in [4.78, 5) is 0. The highest BCUT2D eigenvalue weighted by Crippen LogP contribution is 2.37. The minimum atomic E-state index is -2.60. The van der Waals surface area contributed by atoms with Gasteiger partial charge in [0.25, 0.3) is 8.32 Å². The van der Waals surface area contributed by atoms with Crippen LogP contribution in [0, 0.1) is 18.8 Å². The van der Waals surface area contributed by atoms with Crippen LogP contribution in [0.3, 0.4) is 0 Å². The summed E-state index contributed by atoms with van der Waals surface area (Å²) in [5, 5.41) is 19.2. The van der Waals surface area contributed by atoms with E-state index in [0.29, 0.717) is 13.0 Å². The number of nitrogens with zero attached hydrogens (tertiary/aromatic N) is 2. The van der Waals surface area contributed by atoms with Crippen molar-refractivity contribution in [1.29, 1.82) is 0 Å². The number of aliphatic hydroxyl groups is 1. The smallest absolute Gasteiger partial charge is 0.261 e. The van der Waals surface area contributed by atoms with Gasteiger partial charge in [0.05, 0.1) is 11.7 Å². The summed E-state index contributed by atoms with van der Waals surface area (Å²) >= 11 is 0. The zero-order valence-electron chi connectivity index (χ0n) is 24.1. The molecule has 5 nitrogen and oxygen atoms in total. The normalized spacial score (nSPS) is 16.9. The first-order valence-electron chi connectivity index (χ1n) is 14.3. The molecule has 0 radical (unpaired) electrons. The predicted octanol–water partition coefficient (Wildman–Crippen LogP) is 6.05. The first-order valence-corrected chi connectivity index (χ1v) is 16.2. The van der Waals surface area contributed by atoms with Crippen LogP contribution in [-0.2, 0) is 9.16 Å². The minimum Gasteiger partial charge on any atom is -0.406 e. The monoisotopic (exact) mass is 552 g/mol. The molecule has 0 aliphatic carbocycles. The van der Waals surface area contributed by atoms with E-state index in [0.717, 1.165) is 47.9 Å². The molecular weight excluding hydrogens is 512 g/mol. The Morgan fingerprint density at radius 2 is 1.73 bits per heavy atom. The number of fused-ring (bicyclic) bond motifs is 1. The maximum atomic E-state index is 11.1. The Balaban J connectivity index is 1.35. The highest BCUT2D eigenvalue weighted by molar-refractivity contribution is 6.99. The van der Waals surface area contributed by atoms with E-state index >= 15 is 0 Å². The molecular formula is C34H40N2O3Si. The third-order valence-corrected chi connectivity index (χ3v) is 12.9. The van der Waals surface area contributed by atoms with E-state index in [4.69, 9.17) is 9.16 Å². The molecule has 2 heterocycles. The van der Waals surface area contributed by atoms with Gasteiger partial charge in [0.15, 0.2) is 6.23 Å². The van der Waals surface area contributed by atoms with Crippen molar-refractivity contribution in [3.05, 3.63) is 90.1 Å². The predicted molar refractivity (Wildman–Crippen MR) is 164 cm³/mol. The van der Waals surface area contributed by atoms with Gasteiger partial charge in [-0.1, -0.05) is 93.3 Å². The lowest BCUT2D eigenvalue weighted by Gasteiger charge is -2.43. The summed E-state index contributed by atoms with van der Waals surface area (Å²) in [5.74, 6) is 6.29. The third-order valence-electron chi connectivity index (χ3n) is 7.91. The number of hydrogen-bond donors (Lipinski definition) is 1. The summed E-state index contributed by atoms with van der Waals surface area (Å²) in [7, 11) is -2.60. The van der Waals surface area contributed by atoms with Crippen molar-refractivity contribution in [3.63, 3.8) is 0 Å². The van der Waals surface area contributed by atoms with E-state index in [2.05, 4.69) is 104 Å².